The fourth-order valence-electron chi connectivity index (χ4n) is 2.21. The Labute approximate surface area is 148 Å². The molecule has 1 aromatic carbocycles. The van der Waals surface area contributed by atoms with Crippen LogP contribution in [0.1, 0.15) is 23.1 Å². The van der Waals surface area contributed by atoms with Crippen LogP contribution in [0, 0.1) is 6.92 Å². The van der Waals surface area contributed by atoms with Crippen molar-refractivity contribution in [2.75, 3.05) is 5.32 Å². The van der Waals surface area contributed by atoms with Gasteiger partial charge in [-0.3, -0.25) is 9.20 Å². The number of pyridine rings is 1. The summed E-state index contributed by atoms with van der Waals surface area (Å²) in [5.74, 6) is -0.436. The van der Waals surface area contributed by atoms with Gasteiger partial charge < -0.3 is 10.1 Å². The van der Waals surface area contributed by atoms with Gasteiger partial charge in [0.25, 0.3) is 5.91 Å². The fraction of sp³-hybridized carbons (Fsp3) is 0.176. The average molecular weight is 359 g/mol. The van der Waals surface area contributed by atoms with Gasteiger partial charge in [-0.2, -0.15) is 0 Å². The molecule has 1 N–H and O–H groups in total. The Morgan fingerprint density at radius 2 is 1.96 bits per heavy atom. The fourth-order valence-corrected chi connectivity index (χ4v) is 2.39. The van der Waals surface area contributed by atoms with Gasteiger partial charge in [-0.1, -0.05) is 23.7 Å². The third-order valence-corrected chi connectivity index (χ3v) is 3.92. The zero-order chi connectivity index (χ0) is 18.0. The number of carbonyl (C=O) groups excluding carboxylic acids is 2. The van der Waals surface area contributed by atoms with Crippen LogP contribution < -0.4 is 5.32 Å². The SMILES string of the molecule is Cc1nnc2ccc(C(=O)OC(C)C(=O)Nc3ccccc3Cl)cn12. The smallest absolute Gasteiger partial charge is 0.340 e. The molecule has 0 spiro atoms. The summed E-state index contributed by atoms with van der Waals surface area (Å²) in [5, 5.41) is 10.9. The summed E-state index contributed by atoms with van der Waals surface area (Å²) in [6, 6.07) is 10.1. The highest BCUT2D eigenvalue weighted by Crippen LogP contribution is 2.20. The van der Waals surface area contributed by atoms with E-state index in [2.05, 4.69) is 15.5 Å². The summed E-state index contributed by atoms with van der Waals surface area (Å²) in [5.41, 5.74) is 1.38. The summed E-state index contributed by atoms with van der Waals surface area (Å²) < 4.78 is 6.90. The van der Waals surface area contributed by atoms with Crippen LogP contribution in [0.15, 0.2) is 42.6 Å². The van der Waals surface area contributed by atoms with Crippen LogP contribution in [0.3, 0.4) is 0 Å². The molecule has 0 aliphatic heterocycles. The van der Waals surface area contributed by atoms with E-state index in [-0.39, 0.29) is 0 Å². The van der Waals surface area contributed by atoms with E-state index in [1.807, 2.05) is 0 Å². The minimum atomic E-state index is -0.985. The number of halogens is 1. The topological polar surface area (TPSA) is 85.6 Å². The van der Waals surface area contributed by atoms with Gasteiger partial charge in [-0.15, -0.1) is 10.2 Å². The molecule has 2 heterocycles. The lowest BCUT2D eigenvalue weighted by Gasteiger charge is -2.14. The Balaban J connectivity index is 1.69. The molecule has 2 aromatic heterocycles. The van der Waals surface area contributed by atoms with Crippen molar-refractivity contribution in [2.45, 2.75) is 20.0 Å². The van der Waals surface area contributed by atoms with Crippen LogP contribution in [0.4, 0.5) is 5.69 Å². The summed E-state index contributed by atoms with van der Waals surface area (Å²) in [4.78, 5) is 24.5. The van der Waals surface area contributed by atoms with Crippen LogP contribution in [-0.4, -0.2) is 32.6 Å². The number of nitrogens with one attached hydrogen (secondary N) is 1. The summed E-state index contributed by atoms with van der Waals surface area (Å²) in [6.45, 7) is 3.27. The number of rotatable bonds is 4. The maximum absolute atomic E-state index is 12.3. The van der Waals surface area contributed by atoms with Gasteiger partial charge in [0.05, 0.1) is 16.3 Å². The second kappa shape index (κ2) is 6.90. The van der Waals surface area contributed by atoms with Crippen molar-refractivity contribution in [3.63, 3.8) is 0 Å². The highest BCUT2D eigenvalue weighted by Gasteiger charge is 2.20. The lowest BCUT2D eigenvalue weighted by atomic mass is 10.2. The number of hydrogen-bond acceptors (Lipinski definition) is 5. The third kappa shape index (κ3) is 3.61. The maximum Gasteiger partial charge on any atom is 0.340 e. The number of nitrogens with zero attached hydrogens (tertiary/aromatic N) is 3. The molecule has 0 aliphatic rings. The molecule has 1 unspecified atom stereocenters. The maximum atomic E-state index is 12.3. The zero-order valence-corrected chi connectivity index (χ0v) is 14.3. The average Bonchev–Trinajstić information content (AvgIpc) is 2.97. The van der Waals surface area contributed by atoms with Gasteiger partial charge in [0, 0.05) is 6.20 Å². The number of esters is 1. The normalized spacial score (nSPS) is 12.0. The summed E-state index contributed by atoms with van der Waals surface area (Å²) in [6.07, 6.45) is 0.590. The molecule has 0 saturated carbocycles. The molecular weight excluding hydrogens is 344 g/mol. The van der Waals surface area contributed by atoms with Crippen molar-refractivity contribution >= 4 is 34.8 Å². The van der Waals surface area contributed by atoms with E-state index in [0.717, 1.165) is 0 Å². The molecule has 25 heavy (non-hydrogen) atoms. The Morgan fingerprint density at radius 3 is 2.72 bits per heavy atom. The van der Waals surface area contributed by atoms with Crippen molar-refractivity contribution in [2.24, 2.45) is 0 Å². The van der Waals surface area contributed by atoms with E-state index in [1.54, 1.807) is 53.9 Å². The highest BCUT2D eigenvalue weighted by molar-refractivity contribution is 6.33. The van der Waals surface area contributed by atoms with Crippen molar-refractivity contribution in [1.82, 2.24) is 14.6 Å². The third-order valence-electron chi connectivity index (χ3n) is 3.59. The molecule has 1 amide bonds. The minimum Gasteiger partial charge on any atom is -0.449 e. The van der Waals surface area contributed by atoms with E-state index in [4.69, 9.17) is 16.3 Å². The quantitative estimate of drug-likeness (QED) is 0.725. The first kappa shape index (κ1) is 16.9. The number of fused-ring (bicyclic) bond motifs is 1. The van der Waals surface area contributed by atoms with Crippen molar-refractivity contribution in [3.05, 3.63) is 59.0 Å². The van der Waals surface area contributed by atoms with E-state index in [1.165, 1.54) is 6.92 Å². The molecule has 1 atom stereocenters. The molecule has 128 valence electrons. The Morgan fingerprint density at radius 1 is 1.20 bits per heavy atom. The first-order valence-electron chi connectivity index (χ1n) is 7.53. The highest BCUT2D eigenvalue weighted by atomic mass is 35.5. The van der Waals surface area contributed by atoms with Crippen LogP contribution >= 0.6 is 11.6 Å². The van der Waals surface area contributed by atoms with E-state index in [0.29, 0.717) is 27.7 Å². The zero-order valence-electron chi connectivity index (χ0n) is 13.6. The molecule has 0 saturated heterocycles. The predicted molar refractivity (Wildman–Crippen MR) is 92.7 cm³/mol. The van der Waals surface area contributed by atoms with Crippen LogP contribution in [-0.2, 0) is 9.53 Å². The number of aryl methyl sites for hydroxylation is 1. The van der Waals surface area contributed by atoms with E-state index >= 15 is 0 Å². The first-order valence-corrected chi connectivity index (χ1v) is 7.91. The number of ether oxygens (including phenoxy) is 1. The summed E-state index contributed by atoms with van der Waals surface area (Å²) in [7, 11) is 0. The molecule has 0 fully saturated rings. The minimum absolute atomic E-state index is 0.299. The van der Waals surface area contributed by atoms with Gasteiger partial charge in [-0.05, 0) is 38.1 Å². The second-order valence-electron chi connectivity index (χ2n) is 5.41. The van der Waals surface area contributed by atoms with Gasteiger partial charge >= 0.3 is 5.97 Å². The lowest BCUT2D eigenvalue weighted by Crippen LogP contribution is -2.30. The van der Waals surface area contributed by atoms with Gasteiger partial charge in [-0.25, -0.2) is 4.79 Å². The monoisotopic (exact) mass is 358 g/mol. The number of para-hydroxylation sites is 1. The summed E-state index contributed by atoms with van der Waals surface area (Å²) >= 11 is 6.00. The number of hydrogen-bond donors (Lipinski definition) is 1. The number of anilines is 1. The molecule has 0 radical (unpaired) electrons. The number of benzene rings is 1. The van der Waals surface area contributed by atoms with Crippen LogP contribution in [0.2, 0.25) is 5.02 Å². The molecule has 8 heteroatoms. The van der Waals surface area contributed by atoms with Crippen molar-refractivity contribution in [3.8, 4) is 0 Å². The van der Waals surface area contributed by atoms with Crippen LogP contribution in [0.5, 0.6) is 0 Å². The molecule has 3 aromatic rings. The van der Waals surface area contributed by atoms with E-state index < -0.39 is 18.0 Å². The van der Waals surface area contributed by atoms with E-state index in [9.17, 15) is 9.59 Å². The number of carbonyl (C=O) groups is 2. The van der Waals surface area contributed by atoms with Crippen LogP contribution in [0.25, 0.3) is 5.65 Å². The number of amides is 1. The lowest BCUT2D eigenvalue weighted by molar-refractivity contribution is -0.123. The second-order valence-corrected chi connectivity index (χ2v) is 5.82. The van der Waals surface area contributed by atoms with Crippen molar-refractivity contribution in [1.29, 1.82) is 0 Å². The molecule has 0 aliphatic carbocycles. The number of aromatic nitrogens is 3. The Kier molecular flexibility index (Phi) is 4.67. The molecule has 0 bridgehead atoms. The standard InChI is InChI=1S/C17H15ClN4O3/c1-10(16(23)19-14-6-4-3-5-13(14)18)25-17(24)12-7-8-15-21-20-11(2)22(15)9-12/h3-10H,1-2H3,(H,19,23). The Hall–Kier alpha value is -2.93. The predicted octanol–water partition coefficient (Wildman–Crippen LogP) is 2.88. The van der Waals surface area contributed by atoms with Crippen molar-refractivity contribution < 1.29 is 14.3 Å². The Bertz CT molecular complexity index is 954. The van der Waals surface area contributed by atoms with Gasteiger partial charge in [0.15, 0.2) is 11.8 Å². The molecule has 3 rings (SSSR count). The van der Waals surface area contributed by atoms with Gasteiger partial charge in [0.2, 0.25) is 0 Å². The molecule has 7 nitrogen and oxygen atoms in total. The first-order chi connectivity index (χ1) is 12.0. The van der Waals surface area contributed by atoms with Gasteiger partial charge in [0.1, 0.15) is 5.82 Å². The molecular formula is C17H15ClN4O3. The largest absolute Gasteiger partial charge is 0.449 e.